The van der Waals surface area contributed by atoms with Crippen LogP contribution in [0.25, 0.3) is 11.1 Å². The molecule has 0 N–H and O–H groups in total. The Labute approximate surface area is 170 Å². The molecule has 0 amide bonds. The van der Waals surface area contributed by atoms with E-state index in [4.69, 9.17) is 0 Å². The van der Waals surface area contributed by atoms with Crippen LogP contribution >= 0.6 is 0 Å². The molecule has 0 unspecified atom stereocenters. The molecule has 1 aliphatic carbocycles. The Morgan fingerprint density at radius 1 is 0.893 bits per heavy atom. The highest BCUT2D eigenvalue weighted by Gasteiger charge is 2.20. The van der Waals surface area contributed by atoms with E-state index in [1.54, 1.807) is 6.07 Å². The molecule has 2 aromatic rings. The molecule has 0 aromatic heterocycles. The van der Waals surface area contributed by atoms with Crippen LogP contribution < -0.4 is 0 Å². The quantitative estimate of drug-likeness (QED) is 0.386. The smallest absolute Gasteiger partial charge is 0.131 e. The first kappa shape index (κ1) is 20.8. The molecule has 150 valence electrons. The summed E-state index contributed by atoms with van der Waals surface area (Å²) in [6.45, 7) is 6.04. The largest absolute Gasteiger partial charge is 0.206 e. The number of aryl methyl sites for hydroxylation is 2. The third kappa shape index (κ3) is 5.80. The van der Waals surface area contributed by atoms with Gasteiger partial charge in [0.15, 0.2) is 0 Å². The highest BCUT2D eigenvalue weighted by molar-refractivity contribution is 5.64. The average molecular weight is 379 g/mol. The Morgan fingerprint density at radius 3 is 2.14 bits per heavy atom. The molecule has 0 radical (unpaired) electrons. The normalized spacial score (nSPS) is 19.5. The van der Waals surface area contributed by atoms with Gasteiger partial charge >= 0.3 is 0 Å². The minimum Gasteiger partial charge on any atom is -0.206 e. The van der Waals surface area contributed by atoms with Gasteiger partial charge in [-0.05, 0) is 60.3 Å². The highest BCUT2D eigenvalue weighted by atomic mass is 19.1. The molecular weight excluding hydrogens is 343 g/mol. The van der Waals surface area contributed by atoms with E-state index in [1.807, 2.05) is 18.2 Å². The second-order valence-corrected chi connectivity index (χ2v) is 8.55. The van der Waals surface area contributed by atoms with Crippen molar-refractivity contribution in [2.45, 2.75) is 71.1 Å². The molecule has 0 bridgehead atoms. The minimum atomic E-state index is -0.127. The van der Waals surface area contributed by atoms with E-state index in [9.17, 15) is 4.39 Å². The summed E-state index contributed by atoms with van der Waals surface area (Å²) < 4.78 is 14.5. The predicted octanol–water partition coefficient (Wildman–Crippen LogP) is 8.15. The van der Waals surface area contributed by atoms with Crippen LogP contribution in [0.15, 0.2) is 55.1 Å². The van der Waals surface area contributed by atoms with Crippen LogP contribution in [0, 0.1) is 17.7 Å². The number of rotatable bonds is 9. The van der Waals surface area contributed by atoms with Gasteiger partial charge in [0, 0.05) is 5.56 Å². The van der Waals surface area contributed by atoms with Crippen molar-refractivity contribution >= 4 is 0 Å². The Balaban J connectivity index is 1.53. The van der Waals surface area contributed by atoms with Crippen molar-refractivity contribution in [1.29, 1.82) is 0 Å². The highest BCUT2D eigenvalue weighted by Crippen LogP contribution is 2.34. The number of halogens is 1. The van der Waals surface area contributed by atoms with E-state index < -0.39 is 0 Å². The maximum atomic E-state index is 14.5. The Morgan fingerprint density at radius 2 is 1.54 bits per heavy atom. The van der Waals surface area contributed by atoms with Crippen molar-refractivity contribution in [3.05, 3.63) is 72.1 Å². The van der Waals surface area contributed by atoms with Crippen LogP contribution in [0.4, 0.5) is 4.39 Å². The van der Waals surface area contributed by atoms with Crippen LogP contribution in [-0.4, -0.2) is 0 Å². The zero-order chi connectivity index (χ0) is 19.8. The van der Waals surface area contributed by atoms with Gasteiger partial charge in [0.05, 0.1) is 0 Å². The molecule has 1 heteroatoms. The molecule has 1 saturated carbocycles. The van der Waals surface area contributed by atoms with Crippen molar-refractivity contribution in [1.82, 2.24) is 0 Å². The monoisotopic (exact) mass is 378 g/mol. The number of benzene rings is 2. The molecule has 2 aromatic carbocycles. The Kier molecular flexibility index (Phi) is 7.89. The first-order valence-electron chi connectivity index (χ1n) is 11.2. The van der Waals surface area contributed by atoms with Crippen LogP contribution in [0.5, 0.6) is 0 Å². The van der Waals surface area contributed by atoms with Gasteiger partial charge in [-0.25, -0.2) is 4.39 Å². The second kappa shape index (κ2) is 10.6. The lowest BCUT2D eigenvalue weighted by molar-refractivity contribution is 0.252. The summed E-state index contributed by atoms with van der Waals surface area (Å²) in [5, 5.41) is 0. The zero-order valence-electron chi connectivity index (χ0n) is 17.4. The second-order valence-electron chi connectivity index (χ2n) is 8.55. The maximum absolute atomic E-state index is 14.5. The summed E-state index contributed by atoms with van der Waals surface area (Å²) in [5.41, 5.74) is 4.08. The Hall–Kier alpha value is -1.89. The van der Waals surface area contributed by atoms with E-state index in [0.29, 0.717) is 5.56 Å². The maximum Gasteiger partial charge on any atom is 0.131 e. The predicted molar refractivity (Wildman–Crippen MR) is 119 cm³/mol. The minimum absolute atomic E-state index is 0.127. The van der Waals surface area contributed by atoms with Crippen molar-refractivity contribution in [2.24, 2.45) is 11.8 Å². The third-order valence-electron chi connectivity index (χ3n) is 6.44. The third-order valence-corrected chi connectivity index (χ3v) is 6.44. The summed E-state index contributed by atoms with van der Waals surface area (Å²) >= 11 is 0. The fourth-order valence-electron chi connectivity index (χ4n) is 4.66. The van der Waals surface area contributed by atoms with Crippen molar-refractivity contribution in [3.63, 3.8) is 0 Å². The molecule has 0 atom stereocenters. The fourth-order valence-corrected chi connectivity index (χ4v) is 4.66. The van der Waals surface area contributed by atoms with Crippen LogP contribution in [0.3, 0.4) is 0 Å². The standard InChI is InChI=1S/C27H35F/c1-3-5-7-24-16-19-26(27(28)20-24)25-17-14-23(15-18-25)13-12-22-10-8-21(6-4-2)9-11-22/h3,14-22H,1,4-13H2,2H3. The van der Waals surface area contributed by atoms with Gasteiger partial charge < -0.3 is 0 Å². The van der Waals surface area contributed by atoms with Gasteiger partial charge in [0.25, 0.3) is 0 Å². The summed E-state index contributed by atoms with van der Waals surface area (Å²) in [7, 11) is 0. The number of hydrogen-bond acceptors (Lipinski definition) is 0. The molecule has 28 heavy (non-hydrogen) atoms. The fraction of sp³-hybridized carbons (Fsp3) is 0.481. The van der Waals surface area contributed by atoms with Crippen LogP contribution in [0.1, 0.15) is 69.4 Å². The molecule has 3 rings (SSSR count). The first-order valence-corrected chi connectivity index (χ1v) is 11.2. The summed E-state index contributed by atoms with van der Waals surface area (Å²) in [6, 6.07) is 14.1. The molecule has 0 heterocycles. The number of hydrogen-bond donors (Lipinski definition) is 0. The molecule has 0 nitrogen and oxygen atoms in total. The van der Waals surface area contributed by atoms with E-state index in [0.717, 1.165) is 42.2 Å². The van der Waals surface area contributed by atoms with E-state index >= 15 is 0 Å². The molecule has 1 aliphatic rings. The lowest BCUT2D eigenvalue weighted by atomic mass is 9.78. The van der Waals surface area contributed by atoms with Crippen molar-refractivity contribution < 1.29 is 4.39 Å². The van der Waals surface area contributed by atoms with Gasteiger partial charge in [0.1, 0.15) is 5.82 Å². The van der Waals surface area contributed by atoms with E-state index in [1.165, 1.54) is 50.5 Å². The lowest BCUT2D eigenvalue weighted by Crippen LogP contribution is -2.15. The van der Waals surface area contributed by atoms with Gasteiger partial charge in [0.2, 0.25) is 0 Å². The molecule has 0 aliphatic heterocycles. The van der Waals surface area contributed by atoms with Crippen LogP contribution in [0.2, 0.25) is 0 Å². The Bertz CT molecular complexity index is 735. The summed E-state index contributed by atoms with van der Waals surface area (Å²) in [6.07, 6.45) is 14.5. The SMILES string of the molecule is C=CCCc1ccc(-c2ccc(CCC3CCC(CCC)CC3)cc2)c(F)c1. The summed E-state index contributed by atoms with van der Waals surface area (Å²) in [4.78, 5) is 0. The van der Waals surface area contributed by atoms with Gasteiger partial charge in [-0.15, -0.1) is 6.58 Å². The first-order chi connectivity index (χ1) is 13.7. The average Bonchev–Trinajstić information content (AvgIpc) is 2.72. The van der Waals surface area contributed by atoms with Gasteiger partial charge in [-0.2, -0.15) is 0 Å². The number of allylic oxidation sites excluding steroid dienone is 1. The van der Waals surface area contributed by atoms with Crippen molar-refractivity contribution in [3.8, 4) is 11.1 Å². The van der Waals surface area contributed by atoms with Gasteiger partial charge in [-0.3, -0.25) is 0 Å². The lowest BCUT2D eigenvalue weighted by Gasteiger charge is -2.28. The molecule has 0 spiro atoms. The van der Waals surface area contributed by atoms with E-state index in [2.05, 4.69) is 37.8 Å². The van der Waals surface area contributed by atoms with Gasteiger partial charge in [-0.1, -0.05) is 87.9 Å². The topological polar surface area (TPSA) is 0 Å². The van der Waals surface area contributed by atoms with Crippen LogP contribution in [-0.2, 0) is 12.8 Å². The van der Waals surface area contributed by atoms with E-state index in [-0.39, 0.29) is 5.82 Å². The molecule has 0 saturated heterocycles. The summed E-state index contributed by atoms with van der Waals surface area (Å²) in [5.74, 6) is 1.75. The van der Waals surface area contributed by atoms with Crippen molar-refractivity contribution in [2.75, 3.05) is 0 Å². The molecule has 1 fully saturated rings. The zero-order valence-corrected chi connectivity index (χ0v) is 17.4. The molecular formula is C27H35F.